The number of carbonyl (C=O) groups is 1. The van der Waals surface area contributed by atoms with Crippen molar-refractivity contribution in [3.63, 3.8) is 0 Å². The zero-order valence-electron chi connectivity index (χ0n) is 15.7. The average molecular weight is 379 g/mol. The summed E-state index contributed by atoms with van der Waals surface area (Å²) in [5.41, 5.74) is 2.86. The molecule has 0 bridgehead atoms. The van der Waals surface area contributed by atoms with Crippen molar-refractivity contribution in [1.82, 2.24) is 15.2 Å². The van der Waals surface area contributed by atoms with Crippen LogP contribution in [0.3, 0.4) is 0 Å². The highest BCUT2D eigenvalue weighted by atomic mass is 19.1. The van der Waals surface area contributed by atoms with Crippen LogP contribution >= 0.6 is 0 Å². The van der Waals surface area contributed by atoms with Gasteiger partial charge in [-0.15, -0.1) is 0 Å². The van der Waals surface area contributed by atoms with E-state index in [0.29, 0.717) is 10.9 Å². The number of nitrogens with zero attached hydrogens (tertiary/aromatic N) is 1. The molecule has 1 amide bonds. The van der Waals surface area contributed by atoms with E-state index >= 15 is 0 Å². The Bertz CT molecular complexity index is 1090. The summed E-state index contributed by atoms with van der Waals surface area (Å²) in [5, 5.41) is 3.50. The van der Waals surface area contributed by atoms with Crippen LogP contribution in [-0.4, -0.2) is 34.9 Å². The van der Waals surface area contributed by atoms with Gasteiger partial charge in [0.05, 0.1) is 11.1 Å². The van der Waals surface area contributed by atoms with E-state index in [4.69, 9.17) is 0 Å². The van der Waals surface area contributed by atoms with Gasteiger partial charge in [-0.2, -0.15) is 0 Å². The predicted octanol–water partition coefficient (Wildman–Crippen LogP) is 2.84. The third-order valence-corrected chi connectivity index (χ3v) is 5.17. The van der Waals surface area contributed by atoms with E-state index in [0.717, 1.165) is 26.1 Å². The highest BCUT2D eigenvalue weighted by molar-refractivity contribution is 6.06. The molecule has 0 spiro atoms. The standard InChI is InChI=1S/C22H22FN3O2/c1-14(12-26-9-8-15-4-2-3-5-16(15)13-26)24-22(28)19-11-21(27)25-20-10-17(23)6-7-18(19)20/h2-7,10-11,14H,8-9,12-13H2,1H3,(H,24,28)(H,25,27)/t14-/m1/s1. The SMILES string of the molecule is C[C@H](CN1CCc2ccccc2C1)NC(=O)c1cc(=O)[nH]c2cc(F)ccc12. The normalized spacial score (nSPS) is 15.2. The lowest BCUT2D eigenvalue weighted by atomic mass is 9.99. The molecule has 2 aromatic carbocycles. The number of benzene rings is 2. The highest BCUT2D eigenvalue weighted by Gasteiger charge is 2.20. The molecule has 0 saturated heterocycles. The molecule has 3 aromatic rings. The van der Waals surface area contributed by atoms with Gasteiger partial charge < -0.3 is 10.3 Å². The molecule has 0 radical (unpaired) electrons. The van der Waals surface area contributed by atoms with Crippen molar-refractivity contribution < 1.29 is 9.18 Å². The van der Waals surface area contributed by atoms with E-state index in [1.54, 1.807) is 0 Å². The zero-order valence-corrected chi connectivity index (χ0v) is 15.7. The second kappa shape index (κ2) is 7.56. The van der Waals surface area contributed by atoms with E-state index in [2.05, 4.69) is 39.5 Å². The van der Waals surface area contributed by atoms with Gasteiger partial charge in [-0.1, -0.05) is 24.3 Å². The number of rotatable bonds is 4. The highest BCUT2D eigenvalue weighted by Crippen LogP contribution is 2.19. The Morgan fingerprint density at radius 2 is 2.00 bits per heavy atom. The number of hydrogen-bond donors (Lipinski definition) is 2. The number of amides is 1. The Balaban J connectivity index is 1.47. The molecule has 28 heavy (non-hydrogen) atoms. The number of H-pyrrole nitrogens is 1. The summed E-state index contributed by atoms with van der Waals surface area (Å²) in [7, 11) is 0. The maximum atomic E-state index is 13.4. The van der Waals surface area contributed by atoms with Crippen LogP contribution < -0.4 is 10.9 Å². The summed E-state index contributed by atoms with van der Waals surface area (Å²) >= 11 is 0. The Morgan fingerprint density at radius 1 is 1.21 bits per heavy atom. The monoisotopic (exact) mass is 379 g/mol. The van der Waals surface area contributed by atoms with Crippen LogP contribution in [-0.2, 0) is 13.0 Å². The predicted molar refractivity (Wildman–Crippen MR) is 107 cm³/mol. The van der Waals surface area contributed by atoms with Crippen LogP contribution in [0.25, 0.3) is 10.9 Å². The van der Waals surface area contributed by atoms with E-state index in [-0.39, 0.29) is 17.5 Å². The lowest BCUT2D eigenvalue weighted by molar-refractivity contribution is 0.0928. The van der Waals surface area contributed by atoms with Crippen molar-refractivity contribution in [3.8, 4) is 0 Å². The van der Waals surface area contributed by atoms with Gasteiger partial charge in [0.1, 0.15) is 5.82 Å². The van der Waals surface area contributed by atoms with Gasteiger partial charge >= 0.3 is 0 Å². The van der Waals surface area contributed by atoms with E-state index < -0.39 is 11.4 Å². The minimum absolute atomic E-state index is 0.0902. The number of carbonyl (C=O) groups excluding carboxylic acids is 1. The van der Waals surface area contributed by atoms with Gasteiger partial charge in [0.15, 0.2) is 0 Å². The summed E-state index contributed by atoms with van der Waals surface area (Å²) < 4.78 is 13.4. The first-order valence-corrected chi connectivity index (χ1v) is 9.42. The van der Waals surface area contributed by atoms with Crippen molar-refractivity contribution in [2.24, 2.45) is 0 Å². The summed E-state index contributed by atoms with van der Waals surface area (Å²) in [5.74, 6) is -0.785. The number of halogens is 1. The minimum Gasteiger partial charge on any atom is -0.348 e. The minimum atomic E-state index is -0.459. The smallest absolute Gasteiger partial charge is 0.252 e. The third kappa shape index (κ3) is 3.82. The fourth-order valence-corrected chi connectivity index (χ4v) is 3.86. The lowest BCUT2D eigenvalue weighted by Gasteiger charge is -2.31. The summed E-state index contributed by atoms with van der Waals surface area (Å²) in [6.07, 6.45) is 1.00. The van der Waals surface area contributed by atoms with Crippen molar-refractivity contribution in [2.75, 3.05) is 13.1 Å². The second-order valence-corrected chi connectivity index (χ2v) is 7.37. The first kappa shape index (κ1) is 18.4. The van der Waals surface area contributed by atoms with Gasteiger partial charge in [-0.3, -0.25) is 14.5 Å². The number of aromatic amines is 1. The molecule has 0 fully saturated rings. The van der Waals surface area contributed by atoms with Crippen molar-refractivity contribution >= 4 is 16.8 Å². The molecule has 2 heterocycles. The first-order chi connectivity index (χ1) is 13.5. The zero-order chi connectivity index (χ0) is 19.7. The molecular weight excluding hydrogens is 357 g/mol. The number of pyridine rings is 1. The second-order valence-electron chi connectivity index (χ2n) is 7.37. The molecule has 1 aliphatic rings. The van der Waals surface area contributed by atoms with Crippen LogP contribution in [0.4, 0.5) is 4.39 Å². The molecule has 1 aliphatic heterocycles. The molecule has 4 rings (SSSR count). The largest absolute Gasteiger partial charge is 0.348 e. The van der Waals surface area contributed by atoms with Gasteiger partial charge in [0.25, 0.3) is 5.91 Å². The van der Waals surface area contributed by atoms with Crippen LogP contribution in [0.1, 0.15) is 28.4 Å². The first-order valence-electron chi connectivity index (χ1n) is 9.42. The van der Waals surface area contributed by atoms with E-state index in [9.17, 15) is 14.0 Å². The average Bonchev–Trinajstić information content (AvgIpc) is 2.66. The molecule has 6 heteroatoms. The van der Waals surface area contributed by atoms with Crippen molar-refractivity contribution in [1.29, 1.82) is 0 Å². The van der Waals surface area contributed by atoms with Gasteiger partial charge in [-0.05, 0) is 42.7 Å². The van der Waals surface area contributed by atoms with Crippen LogP contribution in [0, 0.1) is 5.82 Å². The Kier molecular flexibility index (Phi) is 4.96. The molecule has 2 N–H and O–H groups in total. The van der Waals surface area contributed by atoms with Crippen LogP contribution in [0.5, 0.6) is 0 Å². The number of nitrogens with one attached hydrogen (secondary N) is 2. The van der Waals surface area contributed by atoms with Gasteiger partial charge in [-0.25, -0.2) is 4.39 Å². The number of aromatic nitrogens is 1. The maximum Gasteiger partial charge on any atom is 0.252 e. The Labute approximate surface area is 162 Å². The Morgan fingerprint density at radius 3 is 2.82 bits per heavy atom. The molecule has 0 aliphatic carbocycles. The summed E-state index contributed by atoms with van der Waals surface area (Å²) in [4.78, 5) is 29.5. The lowest BCUT2D eigenvalue weighted by Crippen LogP contribution is -2.43. The molecule has 5 nitrogen and oxygen atoms in total. The van der Waals surface area contributed by atoms with Crippen LogP contribution in [0.2, 0.25) is 0 Å². The van der Waals surface area contributed by atoms with Crippen molar-refractivity contribution in [3.05, 3.63) is 81.4 Å². The number of hydrogen-bond acceptors (Lipinski definition) is 3. The molecule has 1 aromatic heterocycles. The maximum absolute atomic E-state index is 13.4. The summed E-state index contributed by atoms with van der Waals surface area (Å²) in [6.45, 7) is 4.48. The third-order valence-electron chi connectivity index (χ3n) is 5.17. The summed E-state index contributed by atoms with van der Waals surface area (Å²) in [6, 6.07) is 13.6. The molecular formula is C22H22FN3O2. The van der Waals surface area contributed by atoms with Crippen molar-refractivity contribution in [2.45, 2.75) is 25.9 Å². The fraction of sp³-hybridized carbons (Fsp3) is 0.273. The molecule has 0 unspecified atom stereocenters. The van der Waals surface area contributed by atoms with Gasteiger partial charge in [0.2, 0.25) is 5.56 Å². The number of fused-ring (bicyclic) bond motifs is 2. The fourth-order valence-electron chi connectivity index (χ4n) is 3.86. The molecule has 144 valence electrons. The quantitative estimate of drug-likeness (QED) is 0.733. The Hall–Kier alpha value is -2.99. The molecule has 1 atom stereocenters. The van der Waals surface area contributed by atoms with Crippen LogP contribution in [0.15, 0.2) is 53.3 Å². The molecule has 0 saturated carbocycles. The topological polar surface area (TPSA) is 65.2 Å². The van der Waals surface area contributed by atoms with E-state index in [1.165, 1.54) is 35.4 Å². The van der Waals surface area contributed by atoms with E-state index in [1.807, 2.05) is 6.92 Å². The van der Waals surface area contributed by atoms with Gasteiger partial charge in [0, 0.05) is 37.1 Å².